The average Bonchev–Trinajstić information content (AvgIpc) is 2.65. The highest BCUT2D eigenvalue weighted by Crippen LogP contribution is 2.35. The molecule has 0 aromatic carbocycles. The summed E-state index contributed by atoms with van der Waals surface area (Å²) in [6.07, 6.45) is 0.362. The standard InChI is InChI=1S/C18H17F4N3O2/c19-14-7-13(8-23-9-14)17(26)25-6-2-3-12(10-25)11-27-16-15(18(20,21)22)4-1-5-24-16/h1,4-5,7-9,12H,2-3,6,10-11H2. The maximum Gasteiger partial charge on any atom is 0.421 e. The number of hydrogen-bond acceptors (Lipinski definition) is 4. The predicted octanol–water partition coefficient (Wildman–Crippen LogP) is 3.57. The lowest BCUT2D eigenvalue weighted by Gasteiger charge is -2.32. The number of carbonyl (C=O) groups excluding carboxylic acids is 1. The summed E-state index contributed by atoms with van der Waals surface area (Å²) in [6, 6.07) is 3.22. The third-order valence-corrected chi connectivity index (χ3v) is 4.29. The summed E-state index contributed by atoms with van der Waals surface area (Å²) in [6.45, 7) is 0.804. The van der Waals surface area contributed by atoms with Crippen LogP contribution in [-0.4, -0.2) is 40.5 Å². The third-order valence-electron chi connectivity index (χ3n) is 4.29. The van der Waals surface area contributed by atoms with Gasteiger partial charge in [-0.3, -0.25) is 9.78 Å². The van der Waals surface area contributed by atoms with Crippen LogP contribution in [0.2, 0.25) is 0 Å². The first-order chi connectivity index (χ1) is 12.8. The summed E-state index contributed by atoms with van der Waals surface area (Å²) in [5.74, 6) is -1.58. The zero-order chi connectivity index (χ0) is 19.4. The van der Waals surface area contributed by atoms with Gasteiger partial charge in [-0.1, -0.05) is 0 Å². The molecular weight excluding hydrogens is 366 g/mol. The minimum Gasteiger partial charge on any atom is -0.477 e. The number of piperidine rings is 1. The third kappa shape index (κ3) is 4.72. The first-order valence-electron chi connectivity index (χ1n) is 8.39. The Hall–Kier alpha value is -2.71. The molecular formula is C18H17F4N3O2. The Balaban J connectivity index is 1.63. The molecule has 5 nitrogen and oxygen atoms in total. The first-order valence-corrected chi connectivity index (χ1v) is 8.39. The fraction of sp³-hybridized carbons (Fsp3) is 0.389. The molecule has 1 unspecified atom stereocenters. The number of rotatable bonds is 4. The number of pyridine rings is 2. The van der Waals surface area contributed by atoms with E-state index in [1.54, 1.807) is 0 Å². The van der Waals surface area contributed by atoms with Gasteiger partial charge < -0.3 is 9.64 Å². The number of ether oxygens (including phenoxy) is 1. The second-order valence-corrected chi connectivity index (χ2v) is 6.32. The molecule has 1 amide bonds. The molecule has 144 valence electrons. The molecule has 27 heavy (non-hydrogen) atoms. The fourth-order valence-corrected chi connectivity index (χ4v) is 3.02. The minimum atomic E-state index is -4.55. The van der Waals surface area contributed by atoms with E-state index < -0.39 is 23.4 Å². The highest BCUT2D eigenvalue weighted by molar-refractivity contribution is 5.93. The number of likely N-dealkylation sites (tertiary alicyclic amines) is 1. The number of aromatic nitrogens is 2. The summed E-state index contributed by atoms with van der Waals surface area (Å²) in [5.41, 5.74) is -0.791. The van der Waals surface area contributed by atoms with Gasteiger partial charge in [0.25, 0.3) is 5.91 Å². The van der Waals surface area contributed by atoms with Crippen molar-refractivity contribution in [2.45, 2.75) is 19.0 Å². The van der Waals surface area contributed by atoms with Gasteiger partial charge in [0.05, 0.1) is 18.4 Å². The normalized spacial score (nSPS) is 17.6. The molecule has 1 aliphatic rings. The van der Waals surface area contributed by atoms with Crippen molar-refractivity contribution in [2.75, 3.05) is 19.7 Å². The SMILES string of the molecule is O=C(c1cncc(F)c1)N1CCCC(COc2ncccc2C(F)(F)F)C1. The summed E-state index contributed by atoms with van der Waals surface area (Å²) in [4.78, 5) is 21.3. The molecule has 1 atom stereocenters. The summed E-state index contributed by atoms with van der Waals surface area (Å²) < 4.78 is 57.6. The van der Waals surface area contributed by atoms with Crippen LogP contribution in [0.4, 0.5) is 17.6 Å². The topological polar surface area (TPSA) is 55.3 Å². The molecule has 0 bridgehead atoms. The lowest BCUT2D eigenvalue weighted by molar-refractivity contribution is -0.139. The summed E-state index contributed by atoms with van der Waals surface area (Å²) in [7, 11) is 0. The number of nitrogens with zero attached hydrogens (tertiary/aromatic N) is 3. The highest BCUT2D eigenvalue weighted by atomic mass is 19.4. The van der Waals surface area contributed by atoms with Gasteiger partial charge in [-0.2, -0.15) is 13.2 Å². The zero-order valence-corrected chi connectivity index (χ0v) is 14.2. The molecule has 3 rings (SSSR count). The number of carbonyl (C=O) groups is 1. The van der Waals surface area contributed by atoms with Gasteiger partial charge in [-0.05, 0) is 31.0 Å². The smallest absolute Gasteiger partial charge is 0.421 e. The van der Waals surface area contributed by atoms with Crippen molar-refractivity contribution >= 4 is 5.91 Å². The monoisotopic (exact) mass is 383 g/mol. The van der Waals surface area contributed by atoms with Crippen LogP contribution < -0.4 is 4.74 Å². The van der Waals surface area contributed by atoms with E-state index >= 15 is 0 Å². The minimum absolute atomic E-state index is 0.00523. The highest BCUT2D eigenvalue weighted by Gasteiger charge is 2.35. The molecule has 0 N–H and O–H groups in total. The Kier molecular flexibility index (Phi) is 5.57. The van der Waals surface area contributed by atoms with Gasteiger partial charge in [-0.25, -0.2) is 9.37 Å². The van der Waals surface area contributed by atoms with E-state index in [1.165, 1.54) is 23.4 Å². The van der Waals surface area contributed by atoms with Gasteiger partial charge in [-0.15, -0.1) is 0 Å². The zero-order valence-electron chi connectivity index (χ0n) is 14.2. The van der Waals surface area contributed by atoms with E-state index in [9.17, 15) is 22.4 Å². The van der Waals surface area contributed by atoms with Crippen molar-refractivity contribution in [3.05, 3.63) is 53.7 Å². The molecule has 0 spiro atoms. The molecule has 0 aliphatic carbocycles. The van der Waals surface area contributed by atoms with Crippen LogP contribution in [-0.2, 0) is 6.18 Å². The van der Waals surface area contributed by atoms with Gasteiger partial charge in [0.15, 0.2) is 0 Å². The molecule has 9 heteroatoms. The fourth-order valence-electron chi connectivity index (χ4n) is 3.02. The van der Waals surface area contributed by atoms with Crippen LogP contribution in [0.5, 0.6) is 5.88 Å². The quantitative estimate of drug-likeness (QED) is 0.758. The molecule has 0 radical (unpaired) electrons. The summed E-state index contributed by atoms with van der Waals surface area (Å²) >= 11 is 0. The maximum absolute atomic E-state index is 13.3. The van der Waals surface area contributed by atoms with Crippen LogP contribution in [0, 0.1) is 11.7 Å². The molecule has 2 aromatic rings. The lowest BCUT2D eigenvalue weighted by Crippen LogP contribution is -2.41. The van der Waals surface area contributed by atoms with Gasteiger partial charge in [0, 0.05) is 31.4 Å². The second kappa shape index (κ2) is 7.89. The first kappa shape index (κ1) is 19.1. The Morgan fingerprint density at radius 3 is 2.89 bits per heavy atom. The molecule has 3 heterocycles. The van der Waals surface area contributed by atoms with Crippen molar-refractivity contribution in [1.82, 2.24) is 14.9 Å². The number of hydrogen-bond donors (Lipinski definition) is 0. The van der Waals surface area contributed by atoms with Crippen LogP contribution in [0.1, 0.15) is 28.8 Å². The van der Waals surface area contributed by atoms with Gasteiger partial charge in [0.1, 0.15) is 11.4 Å². The van der Waals surface area contributed by atoms with Crippen LogP contribution >= 0.6 is 0 Å². The van der Waals surface area contributed by atoms with Crippen molar-refractivity contribution < 1.29 is 27.1 Å². The van der Waals surface area contributed by atoms with Crippen molar-refractivity contribution in [1.29, 1.82) is 0 Å². The van der Waals surface area contributed by atoms with Crippen LogP contribution in [0.25, 0.3) is 0 Å². The molecule has 2 aromatic heterocycles. The van der Waals surface area contributed by atoms with Gasteiger partial charge in [0.2, 0.25) is 5.88 Å². The number of halogens is 4. The Morgan fingerprint density at radius 1 is 1.33 bits per heavy atom. The van der Waals surface area contributed by atoms with E-state index in [-0.39, 0.29) is 24.0 Å². The largest absolute Gasteiger partial charge is 0.477 e. The molecule has 1 fully saturated rings. The number of amides is 1. The van der Waals surface area contributed by atoms with Crippen molar-refractivity contribution in [3.8, 4) is 5.88 Å². The molecule has 1 aliphatic heterocycles. The molecule has 1 saturated heterocycles. The van der Waals surface area contributed by atoms with Gasteiger partial charge >= 0.3 is 6.18 Å². The number of alkyl halides is 3. The Labute approximate surface area is 153 Å². The van der Waals surface area contributed by atoms with E-state index in [0.29, 0.717) is 25.9 Å². The maximum atomic E-state index is 13.3. The summed E-state index contributed by atoms with van der Waals surface area (Å²) in [5, 5.41) is 0. The lowest BCUT2D eigenvalue weighted by atomic mass is 9.98. The average molecular weight is 383 g/mol. The van der Waals surface area contributed by atoms with Crippen molar-refractivity contribution in [3.63, 3.8) is 0 Å². The van der Waals surface area contributed by atoms with Crippen molar-refractivity contribution in [2.24, 2.45) is 5.92 Å². The predicted molar refractivity (Wildman–Crippen MR) is 87.6 cm³/mol. The molecule has 0 saturated carbocycles. The van der Waals surface area contributed by atoms with Crippen LogP contribution in [0.3, 0.4) is 0 Å². The second-order valence-electron chi connectivity index (χ2n) is 6.32. The van der Waals surface area contributed by atoms with Crippen LogP contribution in [0.15, 0.2) is 36.8 Å². The van der Waals surface area contributed by atoms with E-state index in [2.05, 4.69) is 9.97 Å². The Bertz CT molecular complexity index is 813. The van der Waals surface area contributed by atoms with E-state index in [4.69, 9.17) is 4.74 Å². The Morgan fingerprint density at radius 2 is 2.15 bits per heavy atom. The van der Waals surface area contributed by atoms with E-state index in [1.807, 2.05) is 0 Å². The van der Waals surface area contributed by atoms with E-state index in [0.717, 1.165) is 18.3 Å².